The Bertz CT molecular complexity index is 644. The SMILES string of the molecule is O=C(Nc1ccc(O)cc1F)c1ccc(F)cc1O. The van der Waals surface area contributed by atoms with Gasteiger partial charge < -0.3 is 15.5 Å². The molecule has 0 spiro atoms. The Morgan fingerprint density at radius 3 is 2.42 bits per heavy atom. The van der Waals surface area contributed by atoms with Crippen molar-refractivity contribution in [2.45, 2.75) is 0 Å². The van der Waals surface area contributed by atoms with Crippen LogP contribution in [-0.4, -0.2) is 16.1 Å². The van der Waals surface area contributed by atoms with Crippen molar-refractivity contribution in [2.75, 3.05) is 5.32 Å². The normalized spacial score (nSPS) is 10.2. The van der Waals surface area contributed by atoms with Crippen LogP contribution in [0, 0.1) is 11.6 Å². The third-order valence-electron chi connectivity index (χ3n) is 2.41. The quantitative estimate of drug-likeness (QED) is 0.731. The highest BCUT2D eigenvalue weighted by Crippen LogP contribution is 2.23. The molecule has 19 heavy (non-hydrogen) atoms. The summed E-state index contributed by atoms with van der Waals surface area (Å²) in [5, 5.41) is 20.7. The van der Waals surface area contributed by atoms with Crippen molar-refractivity contribution < 1.29 is 23.8 Å². The Hall–Kier alpha value is -2.63. The van der Waals surface area contributed by atoms with Gasteiger partial charge in [0.05, 0.1) is 11.3 Å². The van der Waals surface area contributed by atoms with Crippen LogP contribution >= 0.6 is 0 Å². The highest BCUT2D eigenvalue weighted by atomic mass is 19.1. The van der Waals surface area contributed by atoms with Crippen LogP contribution in [-0.2, 0) is 0 Å². The molecule has 0 aliphatic carbocycles. The largest absolute Gasteiger partial charge is 0.508 e. The van der Waals surface area contributed by atoms with Crippen LogP contribution in [0.25, 0.3) is 0 Å². The highest BCUT2D eigenvalue weighted by Gasteiger charge is 2.14. The standard InChI is InChI=1S/C13H9F2NO3/c14-7-1-3-9(12(18)5-7)13(19)16-11-4-2-8(17)6-10(11)15/h1-6,17-18H,(H,16,19). The lowest BCUT2D eigenvalue weighted by molar-refractivity contribution is 0.102. The van der Waals surface area contributed by atoms with Crippen LogP contribution in [0.5, 0.6) is 11.5 Å². The number of hydrogen-bond acceptors (Lipinski definition) is 3. The number of phenols is 2. The molecule has 0 unspecified atom stereocenters. The average molecular weight is 265 g/mol. The molecule has 0 fully saturated rings. The summed E-state index contributed by atoms with van der Waals surface area (Å²) < 4.78 is 26.2. The molecule has 0 aromatic heterocycles. The summed E-state index contributed by atoms with van der Waals surface area (Å²) in [5.74, 6) is -3.13. The zero-order valence-corrected chi connectivity index (χ0v) is 9.52. The number of rotatable bonds is 2. The molecule has 1 amide bonds. The van der Waals surface area contributed by atoms with E-state index in [2.05, 4.69) is 5.32 Å². The number of benzene rings is 2. The van der Waals surface area contributed by atoms with E-state index < -0.39 is 23.3 Å². The maximum absolute atomic E-state index is 13.4. The lowest BCUT2D eigenvalue weighted by atomic mass is 10.1. The van der Waals surface area contributed by atoms with Gasteiger partial charge in [0.25, 0.3) is 5.91 Å². The van der Waals surface area contributed by atoms with Crippen molar-refractivity contribution in [3.8, 4) is 11.5 Å². The summed E-state index contributed by atoms with van der Waals surface area (Å²) >= 11 is 0. The molecule has 4 nitrogen and oxygen atoms in total. The van der Waals surface area contributed by atoms with E-state index in [1.807, 2.05) is 0 Å². The number of nitrogens with one attached hydrogen (secondary N) is 1. The minimum absolute atomic E-state index is 0.161. The minimum Gasteiger partial charge on any atom is -0.508 e. The van der Waals surface area contributed by atoms with E-state index in [-0.39, 0.29) is 17.0 Å². The molecular weight excluding hydrogens is 256 g/mol. The average Bonchev–Trinajstić information content (AvgIpc) is 2.32. The Kier molecular flexibility index (Phi) is 3.33. The van der Waals surface area contributed by atoms with E-state index in [4.69, 9.17) is 5.11 Å². The van der Waals surface area contributed by atoms with Crippen molar-refractivity contribution in [3.05, 3.63) is 53.6 Å². The lowest BCUT2D eigenvalue weighted by Crippen LogP contribution is -2.13. The van der Waals surface area contributed by atoms with Gasteiger partial charge in [0.15, 0.2) is 0 Å². The van der Waals surface area contributed by atoms with E-state index in [1.165, 1.54) is 12.1 Å². The Morgan fingerprint density at radius 2 is 1.79 bits per heavy atom. The van der Waals surface area contributed by atoms with Gasteiger partial charge in [0, 0.05) is 12.1 Å². The first kappa shape index (κ1) is 12.8. The molecular formula is C13H9F2NO3. The van der Waals surface area contributed by atoms with Crippen LogP contribution in [0.15, 0.2) is 36.4 Å². The number of amides is 1. The molecule has 2 rings (SSSR count). The number of phenolic OH excluding ortho intramolecular Hbond substituents is 2. The highest BCUT2D eigenvalue weighted by molar-refractivity contribution is 6.06. The summed E-state index contributed by atoms with van der Waals surface area (Å²) in [6.07, 6.45) is 0. The molecule has 0 aliphatic heterocycles. The summed E-state index contributed by atoms with van der Waals surface area (Å²) in [4.78, 5) is 11.8. The molecule has 0 radical (unpaired) electrons. The summed E-state index contributed by atoms with van der Waals surface area (Å²) in [6.45, 7) is 0. The van der Waals surface area contributed by atoms with Crippen molar-refractivity contribution in [1.29, 1.82) is 0 Å². The van der Waals surface area contributed by atoms with Crippen LogP contribution in [0.4, 0.5) is 14.5 Å². The minimum atomic E-state index is -0.824. The maximum Gasteiger partial charge on any atom is 0.259 e. The topological polar surface area (TPSA) is 69.6 Å². The molecule has 98 valence electrons. The predicted molar refractivity (Wildman–Crippen MR) is 64.1 cm³/mol. The van der Waals surface area contributed by atoms with Gasteiger partial charge in [-0.05, 0) is 24.3 Å². The van der Waals surface area contributed by atoms with Crippen LogP contribution in [0.3, 0.4) is 0 Å². The fraction of sp³-hybridized carbons (Fsp3) is 0. The predicted octanol–water partition coefficient (Wildman–Crippen LogP) is 2.63. The Balaban J connectivity index is 2.25. The van der Waals surface area contributed by atoms with E-state index >= 15 is 0 Å². The second kappa shape index (κ2) is 4.93. The van der Waals surface area contributed by atoms with Crippen molar-refractivity contribution >= 4 is 11.6 Å². The van der Waals surface area contributed by atoms with Gasteiger partial charge in [-0.15, -0.1) is 0 Å². The Labute approximate surface area is 106 Å². The number of hydrogen-bond donors (Lipinski definition) is 3. The first-order valence-corrected chi connectivity index (χ1v) is 5.26. The molecule has 2 aromatic rings. The van der Waals surface area contributed by atoms with Gasteiger partial charge in [-0.2, -0.15) is 0 Å². The molecule has 0 saturated heterocycles. The Morgan fingerprint density at radius 1 is 1.05 bits per heavy atom. The molecule has 3 N–H and O–H groups in total. The van der Waals surface area contributed by atoms with Crippen molar-refractivity contribution in [3.63, 3.8) is 0 Å². The van der Waals surface area contributed by atoms with Crippen LogP contribution < -0.4 is 5.32 Å². The van der Waals surface area contributed by atoms with E-state index in [1.54, 1.807) is 0 Å². The summed E-state index contributed by atoms with van der Waals surface area (Å²) in [5.41, 5.74) is -0.347. The summed E-state index contributed by atoms with van der Waals surface area (Å²) in [6, 6.07) is 6.06. The number of halogens is 2. The van der Waals surface area contributed by atoms with Gasteiger partial charge in [-0.25, -0.2) is 8.78 Å². The smallest absolute Gasteiger partial charge is 0.259 e. The zero-order chi connectivity index (χ0) is 14.0. The second-order valence-corrected chi connectivity index (χ2v) is 3.78. The van der Waals surface area contributed by atoms with Crippen molar-refractivity contribution in [1.82, 2.24) is 0 Å². The van der Waals surface area contributed by atoms with Crippen LogP contribution in [0.1, 0.15) is 10.4 Å². The fourth-order valence-corrected chi connectivity index (χ4v) is 1.49. The molecule has 2 aromatic carbocycles. The van der Waals surface area contributed by atoms with Gasteiger partial charge in [0.2, 0.25) is 0 Å². The number of anilines is 1. The zero-order valence-electron chi connectivity index (χ0n) is 9.52. The second-order valence-electron chi connectivity index (χ2n) is 3.78. The first-order chi connectivity index (χ1) is 8.97. The molecule has 0 atom stereocenters. The summed E-state index contributed by atoms with van der Waals surface area (Å²) in [7, 11) is 0. The third kappa shape index (κ3) is 2.79. The van der Waals surface area contributed by atoms with Crippen LogP contribution in [0.2, 0.25) is 0 Å². The van der Waals surface area contributed by atoms with Gasteiger partial charge in [-0.3, -0.25) is 4.79 Å². The monoisotopic (exact) mass is 265 g/mol. The number of aromatic hydroxyl groups is 2. The first-order valence-electron chi connectivity index (χ1n) is 5.26. The molecule has 0 bridgehead atoms. The third-order valence-corrected chi connectivity index (χ3v) is 2.41. The van der Waals surface area contributed by atoms with Gasteiger partial charge >= 0.3 is 0 Å². The van der Waals surface area contributed by atoms with E-state index in [0.29, 0.717) is 0 Å². The molecule has 6 heteroatoms. The van der Waals surface area contributed by atoms with Gasteiger partial charge in [-0.1, -0.05) is 0 Å². The van der Waals surface area contributed by atoms with Crippen molar-refractivity contribution in [2.24, 2.45) is 0 Å². The maximum atomic E-state index is 13.4. The molecule has 0 heterocycles. The molecule has 0 aliphatic rings. The van der Waals surface area contributed by atoms with E-state index in [0.717, 1.165) is 24.3 Å². The molecule has 0 saturated carbocycles. The van der Waals surface area contributed by atoms with Gasteiger partial charge in [0.1, 0.15) is 23.1 Å². The fourth-order valence-electron chi connectivity index (χ4n) is 1.49. The van der Waals surface area contributed by atoms with E-state index in [9.17, 15) is 18.7 Å². The number of carbonyl (C=O) groups is 1. The lowest BCUT2D eigenvalue weighted by Gasteiger charge is -2.08. The number of carbonyl (C=O) groups excluding carboxylic acids is 1.